The summed E-state index contributed by atoms with van der Waals surface area (Å²) in [4.78, 5) is 51.0. The molecule has 0 saturated heterocycles. The predicted octanol–water partition coefficient (Wildman–Crippen LogP) is -0.331. The number of hydrogen-bond acceptors (Lipinski definition) is 9. The van der Waals surface area contributed by atoms with E-state index in [1.165, 1.54) is 26.5 Å². The maximum atomic E-state index is 13.0. The number of aromatic nitrogens is 1. The third kappa shape index (κ3) is 8.84. The topological polar surface area (TPSA) is 169 Å². The molecule has 0 aliphatic heterocycles. The number of aliphatic hydroxyl groups is 1. The third-order valence-electron chi connectivity index (χ3n) is 4.99. The largest absolute Gasteiger partial charge is 0.395 e. The molecule has 0 unspecified atom stereocenters. The van der Waals surface area contributed by atoms with Crippen molar-refractivity contribution >= 4 is 23.5 Å². The Morgan fingerprint density at radius 2 is 1.53 bits per heavy atom. The van der Waals surface area contributed by atoms with Crippen LogP contribution in [-0.4, -0.2) is 85.9 Å². The van der Waals surface area contributed by atoms with Crippen molar-refractivity contribution in [3.63, 3.8) is 0 Å². The van der Waals surface area contributed by atoms with Gasteiger partial charge < -0.3 is 35.1 Å². The van der Waals surface area contributed by atoms with Crippen LogP contribution in [0.5, 0.6) is 0 Å². The molecule has 0 radical (unpaired) electrons. The number of nitrogens with one attached hydrogen (secondary N) is 3. The van der Waals surface area contributed by atoms with E-state index in [4.69, 9.17) is 9.47 Å². The Morgan fingerprint density at radius 3 is 1.97 bits per heavy atom. The average molecular weight is 485 g/mol. The van der Waals surface area contributed by atoms with E-state index in [0.717, 1.165) is 0 Å². The van der Waals surface area contributed by atoms with Crippen LogP contribution in [0.25, 0.3) is 0 Å². The van der Waals surface area contributed by atoms with Crippen LogP contribution in [0.3, 0.4) is 0 Å². The number of aliphatic hydroxyl groups excluding tert-OH is 1. The summed E-state index contributed by atoms with van der Waals surface area (Å²) in [6, 6.07) is -1.83. The maximum Gasteiger partial charge on any atom is 0.274 e. The van der Waals surface area contributed by atoms with Crippen LogP contribution in [0.2, 0.25) is 0 Å². The molecular weight excluding hydrogens is 448 g/mol. The minimum absolute atomic E-state index is 0.0263. The molecule has 0 aliphatic rings. The third-order valence-corrected chi connectivity index (χ3v) is 4.99. The Hall–Kier alpha value is -2.83. The van der Waals surface area contributed by atoms with Gasteiger partial charge in [0.05, 0.1) is 25.9 Å². The van der Waals surface area contributed by atoms with Crippen molar-refractivity contribution in [2.45, 2.75) is 52.2 Å². The number of rotatable bonds is 15. The molecule has 3 atom stereocenters. The lowest BCUT2D eigenvalue weighted by molar-refractivity contribution is -0.137. The number of carbonyl (C=O) groups is 4. The van der Waals surface area contributed by atoms with E-state index in [2.05, 4.69) is 25.6 Å². The van der Waals surface area contributed by atoms with Crippen LogP contribution >= 0.6 is 0 Å². The van der Waals surface area contributed by atoms with E-state index in [9.17, 15) is 24.3 Å². The predicted molar refractivity (Wildman–Crippen MR) is 121 cm³/mol. The minimum Gasteiger partial charge on any atom is -0.395 e. The number of ketones is 1. The minimum atomic E-state index is -1.15. The summed E-state index contributed by atoms with van der Waals surface area (Å²) >= 11 is 0. The quantitative estimate of drug-likeness (QED) is 0.260. The number of hydrogen-bond donors (Lipinski definition) is 4. The molecular formula is C22H36N4O8. The van der Waals surface area contributed by atoms with Crippen molar-refractivity contribution in [3.8, 4) is 0 Å². The van der Waals surface area contributed by atoms with E-state index in [-0.39, 0.29) is 37.2 Å². The molecule has 192 valence electrons. The SMILES string of the molecule is COC[C@H](NC(=O)c1ccon1)C(=O)N[C@@H](COC)C(=O)N[C@@H](CC(C)C)C(=O)C(C)(C)CO. The molecule has 1 rings (SSSR count). The maximum absolute atomic E-state index is 13.0. The molecule has 0 aromatic carbocycles. The Bertz CT molecular complexity index is 810. The van der Waals surface area contributed by atoms with Crippen molar-refractivity contribution in [2.75, 3.05) is 34.0 Å². The lowest BCUT2D eigenvalue weighted by Gasteiger charge is -2.30. The molecule has 12 heteroatoms. The monoisotopic (exact) mass is 484 g/mol. The first-order chi connectivity index (χ1) is 16.0. The van der Waals surface area contributed by atoms with Gasteiger partial charge in [-0.15, -0.1) is 0 Å². The van der Waals surface area contributed by atoms with Gasteiger partial charge in [0.2, 0.25) is 11.8 Å². The van der Waals surface area contributed by atoms with Crippen molar-refractivity contribution in [2.24, 2.45) is 11.3 Å². The number of nitrogens with zero attached hydrogens (tertiary/aromatic N) is 1. The summed E-state index contributed by atoms with van der Waals surface area (Å²) in [5.41, 5.74) is -1.08. The van der Waals surface area contributed by atoms with Gasteiger partial charge >= 0.3 is 0 Å². The van der Waals surface area contributed by atoms with E-state index in [0.29, 0.717) is 6.42 Å². The first-order valence-electron chi connectivity index (χ1n) is 10.9. The molecule has 1 aromatic rings. The highest BCUT2D eigenvalue weighted by Gasteiger charge is 2.36. The molecule has 3 amide bonds. The number of methoxy groups -OCH3 is 2. The van der Waals surface area contributed by atoms with Crippen LogP contribution < -0.4 is 16.0 Å². The Morgan fingerprint density at radius 1 is 1.00 bits per heavy atom. The first kappa shape index (κ1) is 29.2. The van der Waals surface area contributed by atoms with Crippen LogP contribution in [0.4, 0.5) is 0 Å². The highest BCUT2D eigenvalue weighted by atomic mass is 16.5. The van der Waals surface area contributed by atoms with Crippen molar-refractivity contribution in [1.82, 2.24) is 21.1 Å². The Balaban J connectivity index is 2.97. The Kier molecular flexibility index (Phi) is 11.8. The fraction of sp³-hybridized carbons (Fsp3) is 0.682. The van der Waals surface area contributed by atoms with Gasteiger partial charge in [0.1, 0.15) is 18.3 Å². The van der Waals surface area contributed by atoms with Crippen molar-refractivity contribution in [1.29, 1.82) is 0 Å². The number of Topliss-reactive ketones (excluding diaryl/α,β-unsaturated/α-hetero) is 1. The molecule has 34 heavy (non-hydrogen) atoms. The molecule has 0 spiro atoms. The molecule has 4 N–H and O–H groups in total. The average Bonchev–Trinajstić information content (AvgIpc) is 3.32. The fourth-order valence-electron chi connectivity index (χ4n) is 3.06. The van der Waals surface area contributed by atoms with Gasteiger partial charge in [0.15, 0.2) is 11.5 Å². The second kappa shape index (κ2) is 13.8. The number of ether oxygens (including phenoxy) is 2. The lowest BCUT2D eigenvalue weighted by atomic mass is 9.82. The van der Waals surface area contributed by atoms with Gasteiger partial charge in [-0.05, 0) is 12.3 Å². The number of carbonyl (C=O) groups excluding carboxylic acids is 4. The zero-order valence-electron chi connectivity index (χ0n) is 20.5. The standard InChI is InChI=1S/C22H36N4O8/c1-13(2)9-15(18(28)22(3,4)12-27)23-20(30)16(10-32-5)25-21(31)17(11-33-6)24-19(29)14-7-8-34-26-14/h7-8,13,15-17,27H,9-12H2,1-6H3,(H,23,30)(H,24,29)(H,25,31)/t15-,16-,17-/m0/s1. The van der Waals surface area contributed by atoms with Crippen LogP contribution in [0.15, 0.2) is 16.9 Å². The van der Waals surface area contributed by atoms with Gasteiger partial charge in [-0.1, -0.05) is 32.9 Å². The van der Waals surface area contributed by atoms with E-state index >= 15 is 0 Å². The first-order valence-corrected chi connectivity index (χ1v) is 10.9. The van der Waals surface area contributed by atoms with Gasteiger partial charge in [-0.25, -0.2) is 0 Å². The molecule has 0 saturated carbocycles. The summed E-state index contributed by atoms with van der Waals surface area (Å²) in [6.45, 7) is 6.26. The summed E-state index contributed by atoms with van der Waals surface area (Å²) in [6.07, 6.45) is 1.56. The normalized spacial score (nSPS) is 14.2. The Labute approximate surface area is 199 Å². The van der Waals surface area contributed by atoms with Crippen LogP contribution in [0.1, 0.15) is 44.6 Å². The molecule has 0 bridgehead atoms. The van der Waals surface area contributed by atoms with Crippen molar-refractivity contribution in [3.05, 3.63) is 18.0 Å². The van der Waals surface area contributed by atoms with E-state index < -0.39 is 41.3 Å². The zero-order valence-corrected chi connectivity index (χ0v) is 20.5. The summed E-state index contributed by atoms with van der Waals surface area (Å²) < 4.78 is 14.7. The summed E-state index contributed by atoms with van der Waals surface area (Å²) in [5, 5.41) is 20.8. The smallest absolute Gasteiger partial charge is 0.274 e. The van der Waals surface area contributed by atoms with E-state index in [1.54, 1.807) is 13.8 Å². The van der Waals surface area contributed by atoms with Gasteiger partial charge in [-0.2, -0.15) is 0 Å². The van der Waals surface area contributed by atoms with Gasteiger partial charge in [0, 0.05) is 25.7 Å². The molecule has 1 heterocycles. The molecule has 12 nitrogen and oxygen atoms in total. The highest BCUT2D eigenvalue weighted by Crippen LogP contribution is 2.21. The summed E-state index contributed by atoms with van der Waals surface area (Å²) in [7, 11) is 2.71. The second-order valence-electron chi connectivity index (χ2n) is 8.98. The van der Waals surface area contributed by atoms with Crippen LogP contribution in [-0.2, 0) is 23.9 Å². The summed E-state index contributed by atoms with van der Waals surface area (Å²) in [5.74, 6) is -2.23. The molecule has 0 fully saturated rings. The second-order valence-corrected chi connectivity index (χ2v) is 8.98. The zero-order chi connectivity index (χ0) is 25.9. The van der Waals surface area contributed by atoms with Crippen molar-refractivity contribution < 1.29 is 38.3 Å². The van der Waals surface area contributed by atoms with Crippen LogP contribution in [0, 0.1) is 11.3 Å². The fourth-order valence-corrected chi connectivity index (χ4v) is 3.06. The molecule has 1 aromatic heterocycles. The highest BCUT2D eigenvalue weighted by molar-refractivity contribution is 5.98. The van der Waals surface area contributed by atoms with Gasteiger partial charge in [0.25, 0.3) is 5.91 Å². The number of amides is 3. The van der Waals surface area contributed by atoms with Gasteiger partial charge in [-0.3, -0.25) is 19.2 Å². The molecule has 0 aliphatic carbocycles. The lowest BCUT2D eigenvalue weighted by Crippen LogP contribution is -2.59. The van der Waals surface area contributed by atoms with E-state index in [1.807, 2.05) is 13.8 Å².